The standard InChI is InChI=1S/C11H7ClIN/c12-9-5-3-7-14-11(9)8-4-1-2-6-10(8)13/h1-7H. The number of hydrogen-bond donors (Lipinski definition) is 0. The van der Waals surface area contributed by atoms with Crippen LogP contribution in [0, 0.1) is 3.57 Å². The van der Waals surface area contributed by atoms with Gasteiger partial charge in [0.05, 0.1) is 10.7 Å². The Morgan fingerprint density at radius 1 is 1.07 bits per heavy atom. The summed E-state index contributed by atoms with van der Waals surface area (Å²) in [6, 6.07) is 11.7. The van der Waals surface area contributed by atoms with Crippen LogP contribution in [-0.2, 0) is 0 Å². The van der Waals surface area contributed by atoms with E-state index in [1.54, 1.807) is 6.20 Å². The number of aromatic nitrogens is 1. The van der Waals surface area contributed by atoms with E-state index >= 15 is 0 Å². The molecule has 0 saturated carbocycles. The van der Waals surface area contributed by atoms with Gasteiger partial charge >= 0.3 is 0 Å². The lowest BCUT2D eigenvalue weighted by Crippen LogP contribution is -1.86. The molecule has 14 heavy (non-hydrogen) atoms. The lowest BCUT2D eigenvalue weighted by Gasteiger charge is -2.04. The summed E-state index contributed by atoms with van der Waals surface area (Å²) in [5.74, 6) is 0. The molecule has 1 aromatic carbocycles. The summed E-state index contributed by atoms with van der Waals surface area (Å²) < 4.78 is 1.16. The normalized spacial score (nSPS) is 10.1. The maximum Gasteiger partial charge on any atom is 0.0898 e. The molecule has 2 aromatic rings. The fraction of sp³-hybridized carbons (Fsp3) is 0. The molecule has 0 fully saturated rings. The second-order valence-corrected chi connectivity index (χ2v) is 4.38. The van der Waals surface area contributed by atoms with Crippen molar-refractivity contribution < 1.29 is 0 Å². The van der Waals surface area contributed by atoms with Crippen molar-refractivity contribution in [2.75, 3.05) is 0 Å². The van der Waals surface area contributed by atoms with Gasteiger partial charge in [-0.1, -0.05) is 29.8 Å². The molecule has 0 bridgehead atoms. The molecule has 0 saturated heterocycles. The van der Waals surface area contributed by atoms with Crippen molar-refractivity contribution >= 4 is 34.2 Å². The van der Waals surface area contributed by atoms with E-state index in [-0.39, 0.29) is 0 Å². The van der Waals surface area contributed by atoms with Crippen LogP contribution in [0.1, 0.15) is 0 Å². The first kappa shape index (κ1) is 9.93. The zero-order valence-electron chi connectivity index (χ0n) is 7.24. The van der Waals surface area contributed by atoms with Crippen molar-refractivity contribution in [1.29, 1.82) is 0 Å². The van der Waals surface area contributed by atoms with Gasteiger partial charge in [-0.25, -0.2) is 0 Å². The van der Waals surface area contributed by atoms with Crippen LogP contribution in [0.5, 0.6) is 0 Å². The molecular formula is C11H7ClIN. The average Bonchev–Trinajstić information content (AvgIpc) is 2.20. The van der Waals surface area contributed by atoms with Gasteiger partial charge in [-0.3, -0.25) is 4.98 Å². The van der Waals surface area contributed by atoms with Gasteiger partial charge in [0.15, 0.2) is 0 Å². The average molecular weight is 316 g/mol. The third kappa shape index (κ3) is 1.91. The summed E-state index contributed by atoms with van der Waals surface area (Å²) >= 11 is 8.35. The smallest absolute Gasteiger partial charge is 0.0898 e. The fourth-order valence-corrected chi connectivity index (χ4v) is 2.10. The topological polar surface area (TPSA) is 12.9 Å². The minimum atomic E-state index is 0.691. The highest BCUT2D eigenvalue weighted by Crippen LogP contribution is 2.28. The van der Waals surface area contributed by atoms with Crippen LogP contribution >= 0.6 is 34.2 Å². The number of hydrogen-bond acceptors (Lipinski definition) is 1. The minimum Gasteiger partial charge on any atom is -0.255 e. The van der Waals surface area contributed by atoms with E-state index in [2.05, 4.69) is 27.6 Å². The highest BCUT2D eigenvalue weighted by atomic mass is 127. The van der Waals surface area contributed by atoms with Gasteiger partial charge in [-0.05, 0) is 40.8 Å². The van der Waals surface area contributed by atoms with E-state index in [9.17, 15) is 0 Å². The van der Waals surface area contributed by atoms with Crippen molar-refractivity contribution in [2.45, 2.75) is 0 Å². The molecule has 0 radical (unpaired) electrons. The summed E-state index contributed by atoms with van der Waals surface area (Å²) in [6.45, 7) is 0. The van der Waals surface area contributed by atoms with Crippen LogP contribution in [0.2, 0.25) is 5.02 Å². The Morgan fingerprint density at radius 2 is 1.86 bits per heavy atom. The van der Waals surface area contributed by atoms with Crippen LogP contribution in [-0.4, -0.2) is 4.98 Å². The van der Waals surface area contributed by atoms with Crippen LogP contribution < -0.4 is 0 Å². The van der Waals surface area contributed by atoms with Crippen molar-refractivity contribution in [3.63, 3.8) is 0 Å². The third-order valence-electron chi connectivity index (χ3n) is 1.89. The lowest BCUT2D eigenvalue weighted by atomic mass is 10.1. The van der Waals surface area contributed by atoms with Crippen LogP contribution in [0.3, 0.4) is 0 Å². The molecule has 0 N–H and O–H groups in total. The second-order valence-electron chi connectivity index (χ2n) is 2.81. The molecule has 2 rings (SSSR count). The van der Waals surface area contributed by atoms with Crippen LogP contribution in [0.15, 0.2) is 42.6 Å². The highest BCUT2D eigenvalue weighted by molar-refractivity contribution is 14.1. The van der Waals surface area contributed by atoms with Crippen molar-refractivity contribution in [3.05, 3.63) is 51.2 Å². The Morgan fingerprint density at radius 3 is 2.57 bits per heavy atom. The van der Waals surface area contributed by atoms with E-state index in [1.807, 2.05) is 36.4 Å². The predicted molar refractivity (Wildman–Crippen MR) is 67.4 cm³/mol. The Hall–Kier alpha value is -0.610. The zero-order chi connectivity index (χ0) is 9.97. The molecule has 0 unspecified atom stereocenters. The van der Waals surface area contributed by atoms with Gasteiger partial charge in [0.1, 0.15) is 0 Å². The molecule has 70 valence electrons. The molecule has 1 aromatic heterocycles. The highest BCUT2D eigenvalue weighted by Gasteiger charge is 2.06. The second kappa shape index (κ2) is 4.28. The minimum absolute atomic E-state index is 0.691. The van der Waals surface area contributed by atoms with Crippen molar-refractivity contribution in [1.82, 2.24) is 4.98 Å². The molecular weight excluding hydrogens is 308 g/mol. The van der Waals surface area contributed by atoms with Crippen molar-refractivity contribution in [3.8, 4) is 11.3 Å². The largest absolute Gasteiger partial charge is 0.255 e. The summed E-state index contributed by atoms with van der Waals surface area (Å²) in [5, 5.41) is 0.691. The molecule has 1 nitrogen and oxygen atoms in total. The molecule has 0 aliphatic heterocycles. The molecule has 0 spiro atoms. The molecule has 0 amide bonds. The monoisotopic (exact) mass is 315 g/mol. The Kier molecular flexibility index (Phi) is 3.03. The van der Waals surface area contributed by atoms with Gasteiger partial charge in [-0.15, -0.1) is 0 Å². The van der Waals surface area contributed by atoms with E-state index in [1.165, 1.54) is 0 Å². The van der Waals surface area contributed by atoms with Crippen LogP contribution in [0.4, 0.5) is 0 Å². The summed E-state index contributed by atoms with van der Waals surface area (Å²) in [4.78, 5) is 4.27. The Bertz CT molecular complexity index is 413. The SMILES string of the molecule is Clc1cccnc1-c1ccccc1I. The number of pyridine rings is 1. The first-order valence-electron chi connectivity index (χ1n) is 4.14. The van der Waals surface area contributed by atoms with E-state index in [0.717, 1.165) is 14.8 Å². The maximum atomic E-state index is 6.06. The first-order chi connectivity index (χ1) is 6.79. The molecule has 1 heterocycles. The van der Waals surface area contributed by atoms with Crippen LogP contribution in [0.25, 0.3) is 11.3 Å². The Balaban J connectivity index is 2.61. The van der Waals surface area contributed by atoms with Crippen molar-refractivity contribution in [2.24, 2.45) is 0 Å². The van der Waals surface area contributed by atoms with Gasteiger partial charge < -0.3 is 0 Å². The number of halogens is 2. The zero-order valence-corrected chi connectivity index (χ0v) is 10.2. The van der Waals surface area contributed by atoms with Gasteiger partial charge in [-0.2, -0.15) is 0 Å². The quantitative estimate of drug-likeness (QED) is 0.725. The first-order valence-corrected chi connectivity index (χ1v) is 5.60. The summed E-state index contributed by atoms with van der Waals surface area (Å²) in [6.07, 6.45) is 1.75. The molecule has 0 aliphatic carbocycles. The van der Waals surface area contributed by atoms with E-state index < -0.39 is 0 Å². The number of rotatable bonds is 1. The molecule has 3 heteroatoms. The Labute approximate surface area is 101 Å². The lowest BCUT2D eigenvalue weighted by molar-refractivity contribution is 1.32. The molecule has 0 aliphatic rings. The summed E-state index contributed by atoms with van der Waals surface area (Å²) in [7, 11) is 0. The van der Waals surface area contributed by atoms with Gasteiger partial charge in [0, 0.05) is 15.3 Å². The predicted octanol–water partition coefficient (Wildman–Crippen LogP) is 4.01. The number of benzene rings is 1. The van der Waals surface area contributed by atoms with E-state index in [0.29, 0.717) is 5.02 Å². The maximum absolute atomic E-state index is 6.06. The number of nitrogens with zero attached hydrogens (tertiary/aromatic N) is 1. The van der Waals surface area contributed by atoms with Gasteiger partial charge in [0.25, 0.3) is 0 Å². The van der Waals surface area contributed by atoms with Gasteiger partial charge in [0.2, 0.25) is 0 Å². The van der Waals surface area contributed by atoms with E-state index in [4.69, 9.17) is 11.6 Å². The fourth-order valence-electron chi connectivity index (χ4n) is 1.24. The molecule has 0 atom stereocenters. The summed E-state index contributed by atoms with van der Waals surface area (Å²) in [5.41, 5.74) is 1.93. The third-order valence-corrected chi connectivity index (χ3v) is 3.13.